The van der Waals surface area contributed by atoms with Crippen LogP contribution in [0.15, 0.2) is 27.7 Å². The van der Waals surface area contributed by atoms with Gasteiger partial charge >= 0.3 is 0 Å². The van der Waals surface area contributed by atoms with Crippen LogP contribution in [0.4, 0.5) is 11.8 Å². The molecule has 1 aromatic carbocycles. The standard InChI is InChI=1S/C16H15Br2N5O2/c1-3-5-25-14-10(24-4-2)6-8(11(17)12(14)18)13-9(7-19)15(20)23-16(21)22-13/h3,6H,1,4-5H2,2H3,(H4,20,21,22,23). The molecule has 130 valence electrons. The minimum atomic E-state index is -0.0283. The van der Waals surface area contributed by atoms with Crippen LogP contribution in [0.3, 0.4) is 0 Å². The van der Waals surface area contributed by atoms with Gasteiger partial charge in [-0.05, 0) is 44.8 Å². The first-order valence-electron chi connectivity index (χ1n) is 7.16. The summed E-state index contributed by atoms with van der Waals surface area (Å²) in [6.45, 7) is 6.23. The first kappa shape index (κ1) is 19.0. The van der Waals surface area contributed by atoms with Gasteiger partial charge in [-0.2, -0.15) is 10.2 Å². The van der Waals surface area contributed by atoms with Crippen molar-refractivity contribution in [2.45, 2.75) is 6.92 Å². The van der Waals surface area contributed by atoms with Crippen LogP contribution in [-0.4, -0.2) is 23.2 Å². The van der Waals surface area contributed by atoms with E-state index in [1.54, 1.807) is 12.1 Å². The minimum Gasteiger partial charge on any atom is -0.490 e. The van der Waals surface area contributed by atoms with Crippen molar-refractivity contribution in [1.82, 2.24) is 9.97 Å². The SMILES string of the molecule is C=CCOc1c(OCC)cc(-c2nc(N)nc(N)c2C#N)c(Br)c1Br. The van der Waals surface area contributed by atoms with E-state index in [1.807, 2.05) is 13.0 Å². The van der Waals surface area contributed by atoms with Crippen molar-refractivity contribution in [3.05, 3.63) is 33.2 Å². The maximum Gasteiger partial charge on any atom is 0.222 e. The molecule has 0 saturated heterocycles. The van der Waals surface area contributed by atoms with E-state index in [9.17, 15) is 5.26 Å². The molecule has 25 heavy (non-hydrogen) atoms. The Labute approximate surface area is 161 Å². The smallest absolute Gasteiger partial charge is 0.222 e. The number of nitrogens with zero attached hydrogens (tertiary/aromatic N) is 3. The number of aromatic nitrogens is 2. The van der Waals surface area contributed by atoms with Gasteiger partial charge in [0.15, 0.2) is 11.5 Å². The third kappa shape index (κ3) is 3.86. The second kappa shape index (κ2) is 8.18. The Morgan fingerprint density at radius 3 is 2.60 bits per heavy atom. The molecule has 0 aliphatic heterocycles. The van der Waals surface area contributed by atoms with E-state index >= 15 is 0 Å². The second-order valence-electron chi connectivity index (χ2n) is 4.71. The molecule has 0 fully saturated rings. The molecular formula is C16H15Br2N5O2. The molecule has 0 radical (unpaired) electrons. The van der Waals surface area contributed by atoms with Crippen molar-refractivity contribution >= 4 is 43.6 Å². The Balaban J connectivity index is 2.76. The normalized spacial score (nSPS) is 10.2. The zero-order valence-electron chi connectivity index (χ0n) is 13.3. The highest BCUT2D eigenvalue weighted by Gasteiger charge is 2.22. The molecule has 1 aromatic heterocycles. The van der Waals surface area contributed by atoms with Gasteiger partial charge in [0.05, 0.1) is 16.8 Å². The van der Waals surface area contributed by atoms with E-state index in [1.165, 1.54) is 0 Å². The highest BCUT2D eigenvalue weighted by Crippen LogP contribution is 2.46. The molecule has 1 heterocycles. The van der Waals surface area contributed by atoms with Gasteiger partial charge in [-0.1, -0.05) is 12.7 Å². The Morgan fingerprint density at radius 2 is 2.00 bits per heavy atom. The van der Waals surface area contributed by atoms with Crippen LogP contribution in [0.2, 0.25) is 0 Å². The van der Waals surface area contributed by atoms with Gasteiger partial charge in [-0.3, -0.25) is 0 Å². The molecule has 0 aliphatic rings. The minimum absolute atomic E-state index is 0.0120. The van der Waals surface area contributed by atoms with Crippen molar-refractivity contribution in [3.8, 4) is 28.8 Å². The number of rotatable bonds is 6. The van der Waals surface area contributed by atoms with Gasteiger partial charge in [0.1, 0.15) is 24.1 Å². The number of hydrogen-bond acceptors (Lipinski definition) is 7. The first-order chi connectivity index (χ1) is 11.9. The van der Waals surface area contributed by atoms with E-state index in [-0.39, 0.29) is 17.3 Å². The predicted octanol–water partition coefficient (Wildman–Crippen LogP) is 3.67. The highest BCUT2D eigenvalue weighted by atomic mass is 79.9. The summed E-state index contributed by atoms with van der Waals surface area (Å²) in [6, 6.07) is 3.72. The second-order valence-corrected chi connectivity index (χ2v) is 6.30. The predicted molar refractivity (Wildman–Crippen MR) is 103 cm³/mol. The molecule has 0 spiro atoms. The summed E-state index contributed by atoms with van der Waals surface area (Å²) < 4.78 is 12.6. The topological polar surface area (TPSA) is 120 Å². The zero-order valence-corrected chi connectivity index (χ0v) is 16.5. The van der Waals surface area contributed by atoms with Crippen molar-refractivity contribution in [3.63, 3.8) is 0 Å². The van der Waals surface area contributed by atoms with Crippen LogP contribution in [0.1, 0.15) is 12.5 Å². The molecule has 0 unspecified atom stereocenters. The summed E-state index contributed by atoms with van der Waals surface area (Å²) in [5, 5.41) is 9.41. The first-order valence-corrected chi connectivity index (χ1v) is 8.75. The molecule has 0 saturated carbocycles. The maximum absolute atomic E-state index is 9.41. The van der Waals surface area contributed by atoms with E-state index in [4.69, 9.17) is 20.9 Å². The third-order valence-electron chi connectivity index (χ3n) is 3.09. The van der Waals surface area contributed by atoms with Gasteiger partial charge in [0.25, 0.3) is 0 Å². The van der Waals surface area contributed by atoms with Crippen LogP contribution >= 0.6 is 31.9 Å². The summed E-state index contributed by atoms with van der Waals surface area (Å²) >= 11 is 6.99. The van der Waals surface area contributed by atoms with Crippen LogP contribution in [0.25, 0.3) is 11.3 Å². The number of hydrogen-bond donors (Lipinski definition) is 2. The van der Waals surface area contributed by atoms with Crippen LogP contribution in [-0.2, 0) is 0 Å². The number of nitrogen functional groups attached to an aromatic ring is 2. The van der Waals surface area contributed by atoms with Gasteiger partial charge in [-0.25, -0.2) is 4.98 Å². The molecule has 2 rings (SSSR count). The van der Waals surface area contributed by atoms with E-state index in [0.717, 1.165) is 0 Å². The lowest BCUT2D eigenvalue weighted by atomic mass is 10.1. The molecular weight excluding hydrogens is 454 g/mol. The molecule has 0 atom stereocenters. The number of ether oxygens (including phenoxy) is 2. The van der Waals surface area contributed by atoms with Gasteiger partial charge in [0, 0.05) is 10.0 Å². The Morgan fingerprint density at radius 1 is 1.28 bits per heavy atom. The molecule has 2 aromatic rings. The number of anilines is 2. The number of halogens is 2. The van der Waals surface area contributed by atoms with Crippen molar-refractivity contribution in [1.29, 1.82) is 5.26 Å². The largest absolute Gasteiger partial charge is 0.490 e. The van der Waals surface area contributed by atoms with E-state index in [0.29, 0.717) is 44.9 Å². The quantitative estimate of drug-likeness (QED) is 0.620. The summed E-state index contributed by atoms with van der Waals surface area (Å²) in [5.41, 5.74) is 12.5. The Hall–Kier alpha value is -2.31. The Kier molecular flexibility index (Phi) is 6.22. The van der Waals surface area contributed by atoms with E-state index in [2.05, 4.69) is 48.4 Å². The third-order valence-corrected chi connectivity index (χ3v) is 5.21. The van der Waals surface area contributed by atoms with Crippen LogP contribution in [0.5, 0.6) is 11.5 Å². The fourth-order valence-electron chi connectivity index (χ4n) is 2.10. The van der Waals surface area contributed by atoms with Gasteiger partial charge in [0.2, 0.25) is 5.95 Å². The Bertz CT molecular complexity index is 865. The molecule has 4 N–H and O–H groups in total. The van der Waals surface area contributed by atoms with Gasteiger partial charge in [-0.15, -0.1) is 0 Å². The number of benzene rings is 1. The summed E-state index contributed by atoms with van der Waals surface area (Å²) in [5.74, 6) is 0.970. The fourth-order valence-corrected chi connectivity index (χ4v) is 3.10. The summed E-state index contributed by atoms with van der Waals surface area (Å²) in [4.78, 5) is 8.00. The lowest BCUT2D eigenvalue weighted by molar-refractivity contribution is 0.295. The van der Waals surface area contributed by atoms with Crippen molar-refractivity contribution in [2.24, 2.45) is 0 Å². The molecule has 0 bridgehead atoms. The van der Waals surface area contributed by atoms with Crippen LogP contribution in [0, 0.1) is 11.3 Å². The van der Waals surface area contributed by atoms with Crippen LogP contribution < -0.4 is 20.9 Å². The average Bonchev–Trinajstić information content (AvgIpc) is 2.57. The lowest BCUT2D eigenvalue weighted by Gasteiger charge is -2.17. The van der Waals surface area contributed by atoms with E-state index < -0.39 is 0 Å². The number of nitriles is 1. The molecule has 7 nitrogen and oxygen atoms in total. The molecule has 9 heteroatoms. The molecule has 0 amide bonds. The fraction of sp³-hybridized carbons (Fsp3) is 0.188. The van der Waals surface area contributed by atoms with Crippen molar-refractivity contribution < 1.29 is 9.47 Å². The maximum atomic E-state index is 9.41. The highest BCUT2D eigenvalue weighted by molar-refractivity contribution is 9.13. The number of nitrogens with two attached hydrogens (primary N) is 2. The van der Waals surface area contributed by atoms with Gasteiger partial charge < -0.3 is 20.9 Å². The summed E-state index contributed by atoms with van der Waals surface area (Å²) in [7, 11) is 0. The zero-order chi connectivity index (χ0) is 18.6. The monoisotopic (exact) mass is 467 g/mol. The van der Waals surface area contributed by atoms with Crippen molar-refractivity contribution in [2.75, 3.05) is 24.7 Å². The summed E-state index contributed by atoms with van der Waals surface area (Å²) in [6.07, 6.45) is 1.63. The lowest BCUT2D eigenvalue weighted by Crippen LogP contribution is -2.06. The average molecular weight is 469 g/mol. The molecule has 0 aliphatic carbocycles.